The number of benzene rings is 1. The highest BCUT2D eigenvalue weighted by Crippen LogP contribution is 2.18. The van der Waals surface area contributed by atoms with Crippen LogP contribution in [-0.2, 0) is 11.3 Å². The molecule has 0 fully saturated rings. The number of methoxy groups -OCH3 is 1. The third kappa shape index (κ3) is 11.4. The minimum Gasteiger partial charge on any atom is -0.492 e. The summed E-state index contributed by atoms with van der Waals surface area (Å²) in [7, 11) is 1.72. The number of likely N-dealkylation sites (N-methyl/N-ethyl adjacent to an activating group) is 1. The van der Waals surface area contributed by atoms with Crippen LogP contribution in [0.2, 0.25) is 0 Å². The molecular formula is C20H37IN4O2. The number of nitrogens with one attached hydrogen (secondary N) is 2. The van der Waals surface area contributed by atoms with E-state index in [9.17, 15) is 0 Å². The smallest absolute Gasteiger partial charge is 0.191 e. The van der Waals surface area contributed by atoms with Crippen molar-refractivity contribution in [3.05, 3.63) is 29.8 Å². The number of hydrogen-bond acceptors (Lipinski definition) is 4. The van der Waals surface area contributed by atoms with Crippen LogP contribution >= 0.6 is 24.0 Å². The van der Waals surface area contributed by atoms with Crippen LogP contribution in [0.5, 0.6) is 5.75 Å². The van der Waals surface area contributed by atoms with Gasteiger partial charge in [0.1, 0.15) is 12.4 Å². The maximum absolute atomic E-state index is 6.01. The molecule has 0 aliphatic carbocycles. The van der Waals surface area contributed by atoms with E-state index in [1.54, 1.807) is 7.11 Å². The lowest BCUT2D eigenvalue weighted by Crippen LogP contribution is -2.38. The monoisotopic (exact) mass is 492 g/mol. The molecule has 1 aromatic carbocycles. The molecule has 0 aromatic heterocycles. The molecule has 1 aromatic rings. The van der Waals surface area contributed by atoms with Crippen molar-refractivity contribution in [2.24, 2.45) is 4.99 Å². The number of para-hydroxylation sites is 1. The molecule has 0 heterocycles. The second-order valence-corrected chi connectivity index (χ2v) is 5.95. The maximum atomic E-state index is 6.01. The molecule has 27 heavy (non-hydrogen) atoms. The van der Waals surface area contributed by atoms with Crippen molar-refractivity contribution in [3.8, 4) is 5.75 Å². The summed E-state index contributed by atoms with van der Waals surface area (Å²) in [5.41, 5.74) is 1.10. The van der Waals surface area contributed by atoms with Gasteiger partial charge in [0.2, 0.25) is 0 Å². The van der Waals surface area contributed by atoms with Crippen LogP contribution in [0, 0.1) is 0 Å². The summed E-state index contributed by atoms with van der Waals surface area (Å²) in [6, 6.07) is 8.13. The fraction of sp³-hybridized carbons (Fsp3) is 0.650. The summed E-state index contributed by atoms with van der Waals surface area (Å²) >= 11 is 0. The van der Waals surface area contributed by atoms with E-state index >= 15 is 0 Å². The molecule has 0 bridgehead atoms. The lowest BCUT2D eigenvalue weighted by molar-refractivity contribution is 0.195. The van der Waals surface area contributed by atoms with Gasteiger partial charge in [-0.2, -0.15) is 0 Å². The number of ether oxygens (including phenoxy) is 2. The van der Waals surface area contributed by atoms with E-state index in [1.807, 2.05) is 18.2 Å². The van der Waals surface area contributed by atoms with Crippen LogP contribution in [-0.4, -0.2) is 63.9 Å². The third-order valence-electron chi connectivity index (χ3n) is 4.10. The summed E-state index contributed by atoms with van der Waals surface area (Å²) in [4.78, 5) is 7.04. The van der Waals surface area contributed by atoms with E-state index in [2.05, 4.69) is 47.4 Å². The average Bonchev–Trinajstić information content (AvgIpc) is 2.67. The van der Waals surface area contributed by atoms with Gasteiger partial charge in [0, 0.05) is 38.9 Å². The van der Waals surface area contributed by atoms with Gasteiger partial charge in [0.15, 0.2) is 5.96 Å². The summed E-state index contributed by atoms with van der Waals surface area (Å²) in [6.07, 6.45) is 0.950. The molecule has 0 amide bonds. The second kappa shape index (κ2) is 17.1. The molecule has 0 radical (unpaired) electrons. The first-order chi connectivity index (χ1) is 12.7. The van der Waals surface area contributed by atoms with Crippen molar-refractivity contribution < 1.29 is 9.47 Å². The first kappa shape index (κ1) is 25.9. The molecule has 0 aliphatic heterocycles. The Kier molecular flexibility index (Phi) is 16.4. The van der Waals surface area contributed by atoms with Gasteiger partial charge < -0.3 is 25.0 Å². The second-order valence-electron chi connectivity index (χ2n) is 5.95. The Balaban J connectivity index is 0.00000676. The van der Waals surface area contributed by atoms with Crippen LogP contribution in [0.15, 0.2) is 29.3 Å². The summed E-state index contributed by atoms with van der Waals surface area (Å²) in [6.45, 7) is 13.1. The van der Waals surface area contributed by atoms with Gasteiger partial charge in [-0.15, -0.1) is 24.0 Å². The Bertz CT molecular complexity index is 511. The molecule has 0 aliphatic rings. The van der Waals surface area contributed by atoms with Gasteiger partial charge in [-0.05, 0) is 32.5 Å². The van der Waals surface area contributed by atoms with E-state index in [0.29, 0.717) is 13.2 Å². The number of guanidine groups is 1. The van der Waals surface area contributed by atoms with E-state index < -0.39 is 0 Å². The van der Waals surface area contributed by atoms with Crippen LogP contribution in [0.3, 0.4) is 0 Å². The predicted molar refractivity (Wildman–Crippen MR) is 124 cm³/mol. The molecule has 1 rings (SSSR count). The van der Waals surface area contributed by atoms with E-state index in [0.717, 1.165) is 63.0 Å². The molecule has 0 spiro atoms. The van der Waals surface area contributed by atoms with Crippen LogP contribution < -0.4 is 15.4 Å². The first-order valence-corrected chi connectivity index (χ1v) is 9.69. The standard InChI is InChI=1S/C20H36N4O2.HI/c1-5-21-20(22-13-10-15-25-4)23-17-18-11-8-9-12-19(18)26-16-14-24(6-2)7-3;/h8-9,11-12H,5-7,10,13-17H2,1-4H3,(H2,21,22,23);1H. The quantitative estimate of drug-likeness (QED) is 0.192. The summed E-state index contributed by atoms with van der Waals surface area (Å²) in [5, 5.41) is 6.60. The fourth-order valence-electron chi connectivity index (χ4n) is 2.53. The molecule has 0 saturated carbocycles. The zero-order valence-corrected chi connectivity index (χ0v) is 19.6. The van der Waals surface area contributed by atoms with E-state index in [4.69, 9.17) is 9.47 Å². The molecule has 7 heteroatoms. The zero-order valence-electron chi connectivity index (χ0n) is 17.3. The Morgan fingerprint density at radius 1 is 1.07 bits per heavy atom. The van der Waals surface area contributed by atoms with Gasteiger partial charge in [0.05, 0.1) is 6.54 Å². The zero-order chi connectivity index (χ0) is 19.0. The van der Waals surface area contributed by atoms with Crippen LogP contribution in [0.4, 0.5) is 0 Å². The fourth-order valence-corrected chi connectivity index (χ4v) is 2.53. The van der Waals surface area contributed by atoms with Crippen molar-refractivity contribution in [1.29, 1.82) is 0 Å². The number of halogens is 1. The number of aliphatic imine (C=N–C) groups is 1. The van der Waals surface area contributed by atoms with Crippen molar-refractivity contribution in [2.45, 2.75) is 33.7 Å². The largest absolute Gasteiger partial charge is 0.492 e. The lowest BCUT2D eigenvalue weighted by Gasteiger charge is -2.19. The SMILES string of the molecule is CCNC(=NCc1ccccc1OCCN(CC)CC)NCCCOC.I. The number of nitrogens with zero attached hydrogens (tertiary/aromatic N) is 2. The average molecular weight is 492 g/mol. The molecule has 6 nitrogen and oxygen atoms in total. The Morgan fingerprint density at radius 2 is 1.81 bits per heavy atom. The van der Waals surface area contributed by atoms with Crippen molar-refractivity contribution in [2.75, 3.05) is 53.0 Å². The Morgan fingerprint density at radius 3 is 2.48 bits per heavy atom. The van der Waals surface area contributed by atoms with E-state index in [-0.39, 0.29) is 24.0 Å². The van der Waals surface area contributed by atoms with Crippen molar-refractivity contribution in [1.82, 2.24) is 15.5 Å². The van der Waals surface area contributed by atoms with Gasteiger partial charge in [0.25, 0.3) is 0 Å². The Labute approximate surface area is 182 Å². The molecule has 156 valence electrons. The molecule has 0 atom stereocenters. The lowest BCUT2D eigenvalue weighted by atomic mass is 10.2. The van der Waals surface area contributed by atoms with Gasteiger partial charge >= 0.3 is 0 Å². The normalized spacial score (nSPS) is 11.2. The highest BCUT2D eigenvalue weighted by Gasteiger charge is 2.05. The third-order valence-corrected chi connectivity index (χ3v) is 4.10. The maximum Gasteiger partial charge on any atom is 0.191 e. The van der Waals surface area contributed by atoms with Crippen molar-refractivity contribution in [3.63, 3.8) is 0 Å². The minimum absolute atomic E-state index is 0. The van der Waals surface area contributed by atoms with E-state index in [1.165, 1.54) is 0 Å². The highest BCUT2D eigenvalue weighted by molar-refractivity contribution is 14.0. The van der Waals surface area contributed by atoms with Crippen LogP contribution in [0.1, 0.15) is 32.8 Å². The molecule has 0 unspecified atom stereocenters. The minimum atomic E-state index is 0. The van der Waals surface area contributed by atoms with Gasteiger partial charge in [-0.25, -0.2) is 4.99 Å². The molecular weight excluding hydrogens is 455 g/mol. The highest BCUT2D eigenvalue weighted by atomic mass is 127. The predicted octanol–water partition coefficient (Wildman–Crippen LogP) is 3.12. The number of rotatable bonds is 13. The summed E-state index contributed by atoms with van der Waals surface area (Å²) < 4.78 is 11.1. The van der Waals surface area contributed by atoms with Crippen LogP contribution in [0.25, 0.3) is 0 Å². The molecule has 0 saturated heterocycles. The van der Waals surface area contributed by atoms with Crippen molar-refractivity contribution >= 4 is 29.9 Å². The first-order valence-electron chi connectivity index (χ1n) is 9.69. The molecule has 2 N–H and O–H groups in total. The topological polar surface area (TPSA) is 58.1 Å². The summed E-state index contributed by atoms with van der Waals surface area (Å²) in [5.74, 6) is 1.74. The van der Waals surface area contributed by atoms with Gasteiger partial charge in [-0.3, -0.25) is 0 Å². The van der Waals surface area contributed by atoms with Gasteiger partial charge in [-0.1, -0.05) is 32.0 Å². The Hall–Kier alpha value is -1.06. The number of hydrogen-bond donors (Lipinski definition) is 2.